The zero-order valence-electron chi connectivity index (χ0n) is 9.38. The summed E-state index contributed by atoms with van der Waals surface area (Å²) in [6.07, 6.45) is -2.50. The van der Waals surface area contributed by atoms with Crippen molar-refractivity contribution in [3.8, 4) is 0 Å². The summed E-state index contributed by atoms with van der Waals surface area (Å²) >= 11 is 0. The molecule has 0 radical (unpaired) electrons. The Morgan fingerprint density at radius 2 is 2.11 bits per heavy atom. The van der Waals surface area contributed by atoms with E-state index in [0.717, 1.165) is 0 Å². The minimum atomic E-state index is -4.25. The van der Waals surface area contributed by atoms with Crippen LogP contribution in [0.4, 0.5) is 23.2 Å². The number of alkyl halides is 4. The number of halogens is 4. The van der Waals surface area contributed by atoms with Gasteiger partial charge in [0, 0.05) is 7.05 Å². The first kappa shape index (κ1) is 14.2. The van der Waals surface area contributed by atoms with Crippen LogP contribution in [0.5, 0.6) is 0 Å². The Balaban J connectivity index is 2.60. The molecule has 8 heteroatoms. The van der Waals surface area contributed by atoms with Crippen LogP contribution in [0.2, 0.25) is 0 Å². The fourth-order valence-electron chi connectivity index (χ4n) is 1.04. The Labute approximate surface area is 100 Å². The molecule has 1 rings (SSSR count). The van der Waals surface area contributed by atoms with E-state index in [4.69, 9.17) is 0 Å². The zero-order valence-corrected chi connectivity index (χ0v) is 9.38. The van der Waals surface area contributed by atoms with E-state index >= 15 is 0 Å². The minimum Gasteiger partial charge on any atom is -0.387 e. The fourth-order valence-corrected chi connectivity index (χ4v) is 1.04. The van der Waals surface area contributed by atoms with Gasteiger partial charge in [0.1, 0.15) is 5.69 Å². The third-order valence-electron chi connectivity index (χ3n) is 2.09. The normalized spacial score (nSPS) is 11.4. The van der Waals surface area contributed by atoms with Gasteiger partial charge in [-0.25, -0.2) is 13.8 Å². The van der Waals surface area contributed by atoms with Gasteiger partial charge in [-0.3, -0.25) is 4.79 Å². The van der Waals surface area contributed by atoms with Crippen LogP contribution < -0.4 is 10.6 Å². The smallest absolute Gasteiger partial charge is 0.324 e. The van der Waals surface area contributed by atoms with Crippen molar-refractivity contribution in [1.82, 2.24) is 10.3 Å². The third kappa shape index (κ3) is 3.57. The second kappa shape index (κ2) is 5.65. The van der Waals surface area contributed by atoms with E-state index in [2.05, 4.69) is 10.3 Å². The summed E-state index contributed by atoms with van der Waals surface area (Å²) in [5, 5.41) is 4.46. The maximum Gasteiger partial charge on any atom is 0.324 e. The third-order valence-corrected chi connectivity index (χ3v) is 2.09. The van der Waals surface area contributed by atoms with Gasteiger partial charge in [-0.2, -0.15) is 8.78 Å². The van der Waals surface area contributed by atoms with Gasteiger partial charge in [0.25, 0.3) is 5.91 Å². The molecule has 1 heterocycles. The van der Waals surface area contributed by atoms with Gasteiger partial charge in [-0.1, -0.05) is 0 Å². The number of carbonyl (C=O) groups is 1. The lowest BCUT2D eigenvalue weighted by atomic mass is 10.3. The molecule has 1 aromatic heterocycles. The van der Waals surface area contributed by atoms with Gasteiger partial charge < -0.3 is 10.6 Å². The molecular formula is C10H11F4N3O. The predicted octanol–water partition coefficient (Wildman–Crippen LogP) is 1.75. The maximum absolute atomic E-state index is 12.5. The van der Waals surface area contributed by atoms with Crippen molar-refractivity contribution in [2.75, 3.05) is 18.9 Å². The van der Waals surface area contributed by atoms with Crippen molar-refractivity contribution in [3.05, 3.63) is 24.0 Å². The summed E-state index contributed by atoms with van der Waals surface area (Å²) in [6, 6.07) is 2.80. The molecule has 0 unspecified atom stereocenters. The molecule has 100 valence electrons. The molecule has 0 aliphatic rings. The van der Waals surface area contributed by atoms with Crippen molar-refractivity contribution < 1.29 is 22.4 Å². The van der Waals surface area contributed by atoms with Gasteiger partial charge in [0.2, 0.25) is 0 Å². The molecule has 0 atom stereocenters. The summed E-state index contributed by atoms with van der Waals surface area (Å²) in [5.41, 5.74) is 0.503. The molecule has 0 fully saturated rings. The van der Waals surface area contributed by atoms with E-state index in [9.17, 15) is 22.4 Å². The highest BCUT2D eigenvalue weighted by atomic mass is 19.3. The first-order valence-electron chi connectivity index (χ1n) is 4.95. The number of hydrogen-bond donors (Lipinski definition) is 2. The molecule has 2 N–H and O–H groups in total. The molecule has 0 aliphatic heterocycles. The highest BCUT2D eigenvalue weighted by molar-refractivity contribution is 5.92. The number of amides is 1. The van der Waals surface area contributed by atoms with Crippen molar-refractivity contribution in [2.24, 2.45) is 0 Å². The molecule has 0 aliphatic carbocycles. The van der Waals surface area contributed by atoms with Crippen molar-refractivity contribution in [2.45, 2.75) is 12.3 Å². The van der Waals surface area contributed by atoms with Crippen LogP contribution in [0.1, 0.15) is 10.5 Å². The Kier molecular flexibility index (Phi) is 4.46. The average molecular weight is 265 g/mol. The molecule has 18 heavy (non-hydrogen) atoms. The molecular weight excluding hydrogens is 254 g/mol. The Hall–Kier alpha value is -1.86. The second-order valence-electron chi connectivity index (χ2n) is 3.43. The SMILES string of the molecule is CNc1ccc(C(=O)NCC(F)(F)C(F)F)nc1. The van der Waals surface area contributed by atoms with E-state index < -0.39 is 24.8 Å². The standard InChI is InChI=1S/C10H11F4N3O/c1-15-6-2-3-7(16-4-6)8(18)17-5-10(13,14)9(11)12/h2-4,9,15H,5H2,1H3,(H,17,18). The number of pyridine rings is 1. The monoisotopic (exact) mass is 265 g/mol. The van der Waals surface area contributed by atoms with E-state index in [-0.39, 0.29) is 5.69 Å². The Morgan fingerprint density at radius 3 is 2.56 bits per heavy atom. The summed E-state index contributed by atoms with van der Waals surface area (Å²) in [6.45, 7) is -1.43. The average Bonchev–Trinajstić information content (AvgIpc) is 2.36. The zero-order chi connectivity index (χ0) is 13.8. The lowest BCUT2D eigenvalue weighted by Crippen LogP contribution is -2.41. The van der Waals surface area contributed by atoms with E-state index in [0.29, 0.717) is 5.69 Å². The molecule has 0 saturated carbocycles. The highest BCUT2D eigenvalue weighted by Gasteiger charge is 2.40. The van der Waals surface area contributed by atoms with E-state index in [1.165, 1.54) is 18.3 Å². The number of carbonyl (C=O) groups excluding carboxylic acids is 1. The van der Waals surface area contributed by atoms with Gasteiger partial charge >= 0.3 is 12.3 Å². The van der Waals surface area contributed by atoms with Crippen LogP contribution in [0.15, 0.2) is 18.3 Å². The van der Waals surface area contributed by atoms with Crippen LogP contribution in [-0.4, -0.2) is 36.8 Å². The lowest BCUT2D eigenvalue weighted by Gasteiger charge is -2.15. The molecule has 0 spiro atoms. The molecule has 0 saturated heterocycles. The largest absolute Gasteiger partial charge is 0.387 e. The maximum atomic E-state index is 12.5. The van der Waals surface area contributed by atoms with Crippen molar-refractivity contribution >= 4 is 11.6 Å². The van der Waals surface area contributed by atoms with Gasteiger partial charge in [-0.05, 0) is 12.1 Å². The number of aromatic nitrogens is 1. The van der Waals surface area contributed by atoms with Crippen LogP contribution >= 0.6 is 0 Å². The van der Waals surface area contributed by atoms with Crippen LogP contribution in [0.3, 0.4) is 0 Å². The molecule has 0 aromatic carbocycles. The minimum absolute atomic E-state index is 0.126. The number of nitrogens with one attached hydrogen (secondary N) is 2. The van der Waals surface area contributed by atoms with Crippen LogP contribution in [0.25, 0.3) is 0 Å². The molecule has 4 nitrogen and oxygen atoms in total. The number of rotatable bonds is 5. The lowest BCUT2D eigenvalue weighted by molar-refractivity contribution is -0.123. The van der Waals surface area contributed by atoms with Crippen LogP contribution in [0, 0.1) is 0 Å². The number of nitrogens with zero attached hydrogens (tertiary/aromatic N) is 1. The second-order valence-corrected chi connectivity index (χ2v) is 3.43. The molecule has 1 aromatic rings. The predicted molar refractivity (Wildman–Crippen MR) is 57.1 cm³/mol. The van der Waals surface area contributed by atoms with E-state index in [1.807, 2.05) is 0 Å². The summed E-state index contributed by atoms with van der Waals surface area (Å²) in [5.74, 6) is -5.18. The first-order chi connectivity index (χ1) is 8.36. The molecule has 1 amide bonds. The Bertz CT molecular complexity index is 408. The fraction of sp³-hybridized carbons (Fsp3) is 0.400. The van der Waals surface area contributed by atoms with Crippen molar-refractivity contribution in [3.63, 3.8) is 0 Å². The van der Waals surface area contributed by atoms with E-state index in [1.54, 1.807) is 12.4 Å². The summed E-state index contributed by atoms with van der Waals surface area (Å²) in [7, 11) is 1.64. The quantitative estimate of drug-likeness (QED) is 0.797. The van der Waals surface area contributed by atoms with Crippen LogP contribution in [-0.2, 0) is 0 Å². The van der Waals surface area contributed by atoms with Crippen molar-refractivity contribution in [1.29, 1.82) is 0 Å². The number of anilines is 1. The van der Waals surface area contributed by atoms with Gasteiger partial charge in [0.05, 0.1) is 18.4 Å². The van der Waals surface area contributed by atoms with Gasteiger partial charge in [-0.15, -0.1) is 0 Å². The first-order valence-corrected chi connectivity index (χ1v) is 4.95. The summed E-state index contributed by atoms with van der Waals surface area (Å²) in [4.78, 5) is 15.0. The Morgan fingerprint density at radius 1 is 1.44 bits per heavy atom. The highest BCUT2D eigenvalue weighted by Crippen LogP contribution is 2.21. The van der Waals surface area contributed by atoms with Gasteiger partial charge in [0.15, 0.2) is 0 Å². The molecule has 0 bridgehead atoms. The summed E-state index contributed by atoms with van der Waals surface area (Å²) < 4.78 is 48.8. The topological polar surface area (TPSA) is 54.0 Å². The number of hydrogen-bond acceptors (Lipinski definition) is 3.